The van der Waals surface area contributed by atoms with Gasteiger partial charge in [-0.1, -0.05) is 18.5 Å². The van der Waals surface area contributed by atoms with E-state index in [1.807, 2.05) is 6.92 Å². The maximum absolute atomic E-state index is 12.2. The van der Waals surface area contributed by atoms with Crippen LogP contribution >= 0.6 is 11.6 Å². The van der Waals surface area contributed by atoms with Crippen molar-refractivity contribution in [3.63, 3.8) is 0 Å². The van der Waals surface area contributed by atoms with Gasteiger partial charge in [-0.05, 0) is 32.4 Å². The molecular weight excluding hydrogens is 310 g/mol. The lowest BCUT2D eigenvalue weighted by Gasteiger charge is -2.21. The van der Waals surface area contributed by atoms with E-state index in [9.17, 15) is 9.59 Å². The van der Waals surface area contributed by atoms with Crippen LogP contribution < -0.4 is 14.8 Å². The average molecular weight is 330 g/mol. The Kier molecular flexibility index (Phi) is 6.05. The monoisotopic (exact) mass is 329 g/mol. The van der Waals surface area contributed by atoms with Crippen LogP contribution in [0.3, 0.4) is 0 Å². The van der Waals surface area contributed by atoms with Crippen molar-refractivity contribution < 1.29 is 24.2 Å². The third kappa shape index (κ3) is 4.27. The zero-order chi connectivity index (χ0) is 16.9. The molecule has 0 bridgehead atoms. The summed E-state index contributed by atoms with van der Waals surface area (Å²) in [6, 6.07) is 2.88. The number of rotatable bonds is 7. The molecule has 0 fully saturated rings. The summed E-state index contributed by atoms with van der Waals surface area (Å²) in [6.45, 7) is 5.21. The molecule has 22 heavy (non-hydrogen) atoms. The molecule has 6 nitrogen and oxygen atoms in total. The van der Waals surface area contributed by atoms with Crippen LogP contribution in [0.5, 0.6) is 11.5 Å². The number of carbonyl (C=O) groups is 2. The van der Waals surface area contributed by atoms with Gasteiger partial charge in [0.25, 0.3) is 5.91 Å². The lowest BCUT2D eigenvalue weighted by Crippen LogP contribution is -2.49. The Morgan fingerprint density at radius 2 is 2.00 bits per heavy atom. The van der Waals surface area contributed by atoms with Gasteiger partial charge in [0.1, 0.15) is 5.54 Å². The lowest BCUT2D eigenvalue weighted by atomic mass is 10.0. The van der Waals surface area contributed by atoms with E-state index < -0.39 is 17.4 Å². The number of nitrogens with one attached hydrogen (secondary N) is 1. The molecule has 1 aromatic carbocycles. The van der Waals surface area contributed by atoms with Gasteiger partial charge in [-0.15, -0.1) is 0 Å². The number of halogens is 1. The Morgan fingerprint density at radius 1 is 1.36 bits per heavy atom. The van der Waals surface area contributed by atoms with Gasteiger partial charge in [0, 0.05) is 5.56 Å². The van der Waals surface area contributed by atoms with Crippen LogP contribution in [0.2, 0.25) is 5.02 Å². The zero-order valence-electron chi connectivity index (χ0n) is 13.0. The quantitative estimate of drug-likeness (QED) is 0.803. The standard InChI is InChI=1S/C15H20ClNO5/c1-5-6-22-12-10(16)7-9(8-11(12)21-4)13(18)17-15(2,3)14(19)20/h7-8H,5-6H2,1-4H3,(H,17,18)(H,19,20). The minimum atomic E-state index is -1.39. The first-order chi connectivity index (χ1) is 10.2. The Hall–Kier alpha value is -1.95. The maximum Gasteiger partial charge on any atom is 0.328 e. The highest BCUT2D eigenvalue weighted by atomic mass is 35.5. The van der Waals surface area contributed by atoms with Crippen LogP contribution in [0.25, 0.3) is 0 Å². The minimum absolute atomic E-state index is 0.194. The topological polar surface area (TPSA) is 84.9 Å². The van der Waals surface area contributed by atoms with Crippen molar-refractivity contribution in [2.24, 2.45) is 0 Å². The Balaban J connectivity index is 3.09. The Labute approximate surface area is 134 Å². The third-order valence-corrected chi connectivity index (χ3v) is 3.18. The van der Waals surface area contributed by atoms with E-state index in [4.69, 9.17) is 26.2 Å². The molecule has 2 N–H and O–H groups in total. The second-order valence-corrected chi connectivity index (χ2v) is 5.63. The molecule has 0 heterocycles. The number of hydrogen-bond donors (Lipinski definition) is 2. The molecule has 0 spiro atoms. The summed E-state index contributed by atoms with van der Waals surface area (Å²) in [7, 11) is 1.44. The normalized spacial score (nSPS) is 11.0. The molecule has 1 amide bonds. The van der Waals surface area contributed by atoms with Crippen molar-refractivity contribution >= 4 is 23.5 Å². The smallest absolute Gasteiger partial charge is 0.328 e. The van der Waals surface area contributed by atoms with Gasteiger partial charge in [0.05, 0.1) is 18.7 Å². The van der Waals surface area contributed by atoms with E-state index in [0.29, 0.717) is 18.1 Å². The first-order valence-electron chi connectivity index (χ1n) is 6.79. The van der Waals surface area contributed by atoms with Crippen molar-refractivity contribution in [2.75, 3.05) is 13.7 Å². The van der Waals surface area contributed by atoms with Crippen LogP contribution in [-0.4, -0.2) is 36.2 Å². The zero-order valence-corrected chi connectivity index (χ0v) is 13.8. The molecule has 0 aliphatic rings. The van der Waals surface area contributed by atoms with E-state index in [-0.39, 0.29) is 10.6 Å². The van der Waals surface area contributed by atoms with Gasteiger partial charge >= 0.3 is 5.97 Å². The van der Waals surface area contributed by atoms with Crippen LogP contribution in [0, 0.1) is 0 Å². The number of carboxylic acid groups (broad SMARTS) is 1. The first-order valence-corrected chi connectivity index (χ1v) is 7.17. The van der Waals surface area contributed by atoms with Crippen LogP contribution in [-0.2, 0) is 4.79 Å². The molecule has 0 atom stereocenters. The number of carboxylic acids is 1. The Morgan fingerprint density at radius 3 is 2.50 bits per heavy atom. The molecule has 7 heteroatoms. The van der Waals surface area contributed by atoms with Gasteiger partial charge in [-0.2, -0.15) is 0 Å². The molecule has 122 valence electrons. The number of benzene rings is 1. The van der Waals surface area contributed by atoms with Gasteiger partial charge in [0.15, 0.2) is 11.5 Å². The molecular formula is C15H20ClNO5. The van der Waals surface area contributed by atoms with Crippen molar-refractivity contribution in [3.8, 4) is 11.5 Å². The number of hydrogen-bond acceptors (Lipinski definition) is 4. The highest BCUT2D eigenvalue weighted by Crippen LogP contribution is 2.36. The number of aliphatic carboxylic acids is 1. The molecule has 1 rings (SSSR count). The maximum atomic E-state index is 12.2. The fourth-order valence-corrected chi connectivity index (χ4v) is 1.87. The molecule has 0 aliphatic carbocycles. The van der Waals surface area contributed by atoms with E-state index >= 15 is 0 Å². The molecule has 0 radical (unpaired) electrons. The number of ether oxygens (including phenoxy) is 2. The summed E-state index contributed by atoms with van der Waals surface area (Å²) in [5.74, 6) is -1.02. The number of methoxy groups -OCH3 is 1. The highest BCUT2D eigenvalue weighted by molar-refractivity contribution is 6.32. The van der Waals surface area contributed by atoms with Gasteiger partial charge < -0.3 is 19.9 Å². The predicted molar refractivity (Wildman–Crippen MR) is 83.0 cm³/mol. The summed E-state index contributed by atoms with van der Waals surface area (Å²) in [5.41, 5.74) is -1.20. The summed E-state index contributed by atoms with van der Waals surface area (Å²) in [6.07, 6.45) is 0.800. The Bertz CT molecular complexity index is 571. The predicted octanol–water partition coefficient (Wildman–Crippen LogP) is 2.73. The molecule has 0 unspecified atom stereocenters. The van der Waals surface area contributed by atoms with Gasteiger partial charge in [0.2, 0.25) is 0 Å². The van der Waals surface area contributed by atoms with Crippen LogP contribution in [0.15, 0.2) is 12.1 Å². The summed E-state index contributed by atoms with van der Waals surface area (Å²) < 4.78 is 10.7. The molecule has 0 aliphatic heterocycles. The summed E-state index contributed by atoms with van der Waals surface area (Å²) in [5, 5.41) is 11.7. The lowest BCUT2D eigenvalue weighted by molar-refractivity contribution is -0.143. The molecule has 0 saturated heterocycles. The van der Waals surface area contributed by atoms with E-state index in [2.05, 4.69) is 5.32 Å². The van der Waals surface area contributed by atoms with Crippen LogP contribution in [0.4, 0.5) is 0 Å². The second kappa shape index (κ2) is 7.35. The van der Waals surface area contributed by atoms with Crippen molar-refractivity contribution in [3.05, 3.63) is 22.7 Å². The largest absolute Gasteiger partial charge is 0.493 e. The SMILES string of the molecule is CCCOc1c(Cl)cc(C(=O)NC(C)(C)C(=O)O)cc1OC. The van der Waals surface area contributed by atoms with Gasteiger partial charge in [-0.25, -0.2) is 4.79 Å². The fourth-order valence-electron chi connectivity index (χ4n) is 1.60. The summed E-state index contributed by atoms with van der Waals surface area (Å²) in [4.78, 5) is 23.2. The fraction of sp³-hybridized carbons (Fsp3) is 0.467. The number of amides is 1. The van der Waals surface area contributed by atoms with Crippen molar-refractivity contribution in [2.45, 2.75) is 32.7 Å². The van der Waals surface area contributed by atoms with Gasteiger partial charge in [-0.3, -0.25) is 4.79 Å². The summed E-state index contributed by atoms with van der Waals surface area (Å²) >= 11 is 6.13. The van der Waals surface area contributed by atoms with E-state index in [1.54, 1.807) is 0 Å². The van der Waals surface area contributed by atoms with E-state index in [0.717, 1.165) is 6.42 Å². The minimum Gasteiger partial charge on any atom is -0.493 e. The van der Waals surface area contributed by atoms with Crippen molar-refractivity contribution in [1.82, 2.24) is 5.32 Å². The third-order valence-electron chi connectivity index (χ3n) is 2.90. The van der Waals surface area contributed by atoms with Crippen molar-refractivity contribution in [1.29, 1.82) is 0 Å². The first kappa shape index (κ1) is 18.1. The van der Waals surface area contributed by atoms with E-state index in [1.165, 1.54) is 33.1 Å². The highest BCUT2D eigenvalue weighted by Gasteiger charge is 2.30. The number of carbonyl (C=O) groups excluding carboxylic acids is 1. The second-order valence-electron chi connectivity index (χ2n) is 5.22. The average Bonchev–Trinajstić information content (AvgIpc) is 2.44. The van der Waals surface area contributed by atoms with Crippen LogP contribution in [0.1, 0.15) is 37.6 Å². The molecule has 0 saturated carbocycles. The molecule has 1 aromatic rings. The molecule has 0 aromatic heterocycles.